The van der Waals surface area contributed by atoms with Crippen molar-refractivity contribution in [2.75, 3.05) is 5.32 Å². The van der Waals surface area contributed by atoms with Gasteiger partial charge in [-0.2, -0.15) is 0 Å². The average Bonchev–Trinajstić information content (AvgIpc) is 2.44. The molecule has 0 amide bonds. The lowest BCUT2D eigenvalue weighted by molar-refractivity contribution is 0.0657. The van der Waals surface area contributed by atoms with E-state index in [2.05, 4.69) is 39.6 Å². The smallest absolute Gasteiger partial charge is 0.129 e. The van der Waals surface area contributed by atoms with Crippen LogP contribution in [0.4, 0.5) is 5.82 Å². The summed E-state index contributed by atoms with van der Waals surface area (Å²) in [7, 11) is 0. The molecule has 20 heavy (non-hydrogen) atoms. The maximum atomic E-state index is 5.58. The first kappa shape index (κ1) is 14.5. The zero-order valence-corrected chi connectivity index (χ0v) is 12.3. The summed E-state index contributed by atoms with van der Waals surface area (Å²) in [6.07, 6.45) is 1.83. The summed E-state index contributed by atoms with van der Waals surface area (Å²) in [6.45, 7) is 7.46. The molecular weight excluding hydrogens is 250 g/mol. The number of ether oxygens (including phenoxy) is 1. The third-order valence-electron chi connectivity index (χ3n) is 2.88. The van der Waals surface area contributed by atoms with Gasteiger partial charge in [0.1, 0.15) is 12.1 Å². The van der Waals surface area contributed by atoms with E-state index in [-0.39, 0.29) is 6.10 Å². The van der Waals surface area contributed by atoms with Crippen LogP contribution in [0.1, 0.15) is 30.7 Å². The molecule has 0 aliphatic rings. The first-order chi connectivity index (χ1) is 9.63. The quantitative estimate of drug-likeness (QED) is 0.875. The van der Waals surface area contributed by atoms with Gasteiger partial charge in [-0.15, -0.1) is 0 Å². The summed E-state index contributed by atoms with van der Waals surface area (Å²) in [5.41, 5.74) is 3.37. The fourth-order valence-electron chi connectivity index (χ4n) is 1.76. The lowest BCUT2D eigenvalue weighted by atomic mass is 10.1. The third kappa shape index (κ3) is 4.63. The number of nitrogens with zero attached hydrogens (tertiary/aromatic N) is 2. The summed E-state index contributed by atoms with van der Waals surface area (Å²) in [4.78, 5) is 8.25. The molecule has 1 N–H and O–H groups in total. The van der Waals surface area contributed by atoms with E-state index in [0.717, 1.165) is 18.1 Å². The number of aryl methyl sites for hydroxylation is 1. The standard InChI is InChI=1S/C16H21N3O/c1-12(2)20-10-15-6-4-14(5-7-15)9-17-16-8-13(3)18-11-19-16/h4-8,11-12H,9-10H2,1-3H3,(H,17,18,19). The van der Waals surface area contributed by atoms with Crippen LogP contribution in [-0.4, -0.2) is 16.1 Å². The zero-order valence-electron chi connectivity index (χ0n) is 12.3. The minimum absolute atomic E-state index is 0.261. The van der Waals surface area contributed by atoms with E-state index >= 15 is 0 Å². The van der Waals surface area contributed by atoms with E-state index in [1.807, 2.05) is 26.8 Å². The largest absolute Gasteiger partial charge is 0.374 e. The van der Waals surface area contributed by atoms with Crippen molar-refractivity contribution in [3.05, 3.63) is 53.5 Å². The predicted molar refractivity (Wildman–Crippen MR) is 80.5 cm³/mol. The van der Waals surface area contributed by atoms with Crippen LogP contribution in [0.3, 0.4) is 0 Å². The van der Waals surface area contributed by atoms with Gasteiger partial charge in [-0.1, -0.05) is 24.3 Å². The van der Waals surface area contributed by atoms with E-state index in [9.17, 15) is 0 Å². The van der Waals surface area contributed by atoms with E-state index in [1.165, 1.54) is 11.1 Å². The molecule has 0 unspecified atom stereocenters. The fraction of sp³-hybridized carbons (Fsp3) is 0.375. The Morgan fingerprint density at radius 3 is 2.45 bits per heavy atom. The molecule has 4 heteroatoms. The molecule has 0 fully saturated rings. The van der Waals surface area contributed by atoms with Crippen LogP contribution < -0.4 is 5.32 Å². The van der Waals surface area contributed by atoms with Crippen molar-refractivity contribution >= 4 is 5.82 Å². The Morgan fingerprint density at radius 2 is 1.80 bits per heavy atom. The van der Waals surface area contributed by atoms with Crippen molar-refractivity contribution in [1.29, 1.82) is 0 Å². The summed E-state index contributed by atoms with van der Waals surface area (Å²) in [6, 6.07) is 10.4. The van der Waals surface area contributed by atoms with Crippen LogP contribution in [0.25, 0.3) is 0 Å². The second kappa shape index (κ2) is 7.01. The number of nitrogens with one attached hydrogen (secondary N) is 1. The van der Waals surface area contributed by atoms with Gasteiger partial charge < -0.3 is 10.1 Å². The molecular formula is C16H21N3O. The highest BCUT2D eigenvalue weighted by Crippen LogP contribution is 2.09. The molecule has 0 aliphatic heterocycles. The number of rotatable bonds is 6. The Hall–Kier alpha value is -1.94. The average molecular weight is 271 g/mol. The van der Waals surface area contributed by atoms with E-state index in [4.69, 9.17) is 4.74 Å². The number of aromatic nitrogens is 2. The minimum Gasteiger partial charge on any atom is -0.374 e. The SMILES string of the molecule is Cc1cc(NCc2ccc(COC(C)C)cc2)ncn1. The highest BCUT2D eigenvalue weighted by atomic mass is 16.5. The van der Waals surface area contributed by atoms with Gasteiger partial charge in [0.05, 0.1) is 12.7 Å². The summed E-state index contributed by atoms with van der Waals surface area (Å²) < 4.78 is 5.58. The molecule has 1 aromatic heterocycles. The lowest BCUT2D eigenvalue weighted by Crippen LogP contribution is -2.04. The van der Waals surface area contributed by atoms with Crippen molar-refractivity contribution < 1.29 is 4.74 Å². The third-order valence-corrected chi connectivity index (χ3v) is 2.88. The molecule has 4 nitrogen and oxygen atoms in total. The van der Waals surface area contributed by atoms with E-state index < -0.39 is 0 Å². The van der Waals surface area contributed by atoms with Crippen molar-refractivity contribution in [3.63, 3.8) is 0 Å². The van der Waals surface area contributed by atoms with Gasteiger partial charge in [-0.25, -0.2) is 9.97 Å². The Balaban J connectivity index is 1.87. The van der Waals surface area contributed by atoms with Crippen LogP contribution in [0.2, 0.25) is 0 Å². The summed E-state index contributed by atoms with van der Waals surface area (Å²) in [5, 5.41) is 3.29. The highest BCUT2D eigenvalue weighted by Gasteiger charge is 1.99. The van der Waals surface area contributed by atoms with Gasteiger partial charge in [0.15, 0.2) is 0 Å². The summed E-state index contributed by atoms with van der Waals surface area (Å²) >= 11 is 0. The first-order valence-electron chi connectivity index (χ1n) is 6.85. The maximum Gasteiger partial charge on any atom is 0.129 e. The van der Waals surface area contributed by atoms with Gasteiger partial charge in [-0.3, -0.25) is 0 Å². The molecule has 0 atom stereocenters. The monoisotopic (exact) mass is 271 g/mol. The Kier molecular flexibility index (Phi) is 5.07. The first-order valence-corrected chi connectivity index (χ1v) is 6.85. The van der Waals surface area contributed by atoms with E-state index in [0.29, 0.717) is 6.61 Å². The molecule has 0 saturated carbocycles. The molecule has 0 aliphatic carbocycles. The predicted octanol–water partition coefficient (Wildman–Crippen LogP) is 3.32. The topological polar surface area (TPSA) is 47.0 Å². The van der Waals surface area contributed by atoms with Crippen LogP contribution in [0, 0.1) is 6.92 Å². The lowest BCUT2D eigenvalue weighted by Gasteiger charge is -2.09. The van der Waals surface area contributed by atoms with Gasteiger partial charge in [0, 0.05) is 18.3 Å². The Labute approximate surface area is 120 Å². The Morgan fingerprint density at radius 1 is 1.10 bits per heavy atom. The van der Waals surface area contributed by atoms with Crippen LogP contribution in [0.15, 0.2) is 36.7 Å². The Bertz CT molecular complexity index is 538. The second-order valence-electron chi connectivity index (χ2n) is 5.07. The number of anilines is 1. The van der Waals surface area contributed by atoms with Gasteiger partial charge in [-0.05, 0) is 31.9 Å². The second-order valence-corrected chi connectivity index (χ2v) is 5.07. The molecule has 106 valence electrons. The number of hydrogen-bond acceptors (Lipinski definition) is 4. The number of hydrogen-bond donors (Lipinski definition) is 1. The van der Waals surface area contributed by atoms with Crippen molar-refractivity contribution in [1.82, 2.24) is 9.97 Å². The molecule has 2 aromatic rings. The van der Waals surface area contributed by atoms with Gasteiger partial charge in [0.2, 0.25) is 0 Å². The van der Waals surface area contributed by atoms with Crippen LogP contribution in [0.5, 0.6) is 0 Å². The highest BCUT2D eigenvalue weighted by molar-refractivity contribution is 5.36. The van der Waals surface area contributed by atoms with E-state index in [1.54, 1.807) is 6.33 Å². The van der Waals surface area contributed by atoms with Crippen LogP contribution >= 0.6 is 0 Å². The fourth-order valence-corrected chi connectivity index (χ4v) is 1.76. The molecule has 0 saturated heterocycles. The molecule has 0 radical (unpaired) electrons. The molecule has 1 aromatic carbocycles. The normalized spacial score (nSPS) is 10.8. The molecule has 1 heterocycles. The molecule has 0 spiro atoms. The zero-order chi connectivity index (χ0) is 14.4. The van der Waals surface area contributed by atoms with Crippen molar-refractivity contribution in [2.24, 2.45) is 0 Å². The molecule has 2 rings (SSSR count). The van der Waals surface area contributed by atoms with Crippen molar-refractivity contribution in [2.45, 2.75) is 40.0 Å². The summed E-state index contributed by atoms with van der Waals surface area (Å²) in [5.74, 6) is 0.852. The minimum atomic E-state index is 0.261. The van der Waals surface area contributed by atoms with Crippen molar-refractivity contribution in [3.8, 4) is 0 Å². The maximum absolute atomic E-state index is 5.58. The van der Waals surface area contributed by atoms with Crippen LogP contribution in [-0.2, 0) is 17.9 Å². The molecule has 0 bridgehead atoms. The van der Waals surface area contributed by atoms with Gasteiger partial charge in [0.25, 0.3) is 0 Å². The number of benzene rings is 1. The van der Waals surface area contributed by atoms with Gasteiger partial charge >= 0.3 is 0 Å².